The molecule has 4 rings (SSSR count). The van der Waals surface area contributed by atoms with E-state index in [0.29, 0.717) is 11.4 Å². The third-order valence-electron chi connectivity index (χ3n) is 5.19. The molecule has 1 saturated heterocycles. The fraction of sp³-hybridized carbons (Fsp3) is 0.261. The van der Waals surface area contributed by atoms with E-state index in [-0.39, 0.29) is 5.91 Å². The zero-order chi connectivity index (χ0) is 20.1. The van der Waals surface area contributed by atoms with Crippen molar-refractivity contribution in [3.05, 3.63) is 77.9 Å². The predicted octanol–water partition coefficient (Wildman–Crippen LogP) is 3.11. The second kappa shape index (κ2) is 8.84. The lowest BCUT2D eigenvalue weighted by molar-refractivity contribution is 0.0628. The lowest BCUT2D eigenvalue weighted by Gasteiger charge is -2.34. The predicted molar refractivity (Wildman–Crippen MR) is 112 cm³/mol. The monoisotopic (exact) mass is 388 g/mol. The highest BCUT2D eigenvalue weighted by atomic mass is 16.5. The van der Waals surface area contributed by atoms with Crippen LogP contribution in [0.3, 0.4) is 0 Å². The molecule has 1 fully saturated rings. The van der Waals surface area contributed by atoms with E-state index >= 15 is 0 Å². The minimum atomic E-state index is 0.0803. The number of methoxy groups -OCH3 is 1. The molecule has 1 aliphatic rings. The van der Waals surface area contributed by atoms with E-state index in [1.807, 2.05) is 41.3 Å². The van der Waals surface area contributed by atoms with Gasteiger partial charge in [-0.1, -0.05) is 42.5 Å². The summed E-state index contributed by atoms with van der Waals surface area (Å²) in [6.07, 6.45) is 0. The van der Waals surface area contributed by atoms with Gasteiger partial charge < -0.3 is 9.64 Å². The lowest BCUT2D eigenvalue weighted by Crippen LogP contribution is -2.48. The van der Waals surface area contributed by atoms with Gasteiger partial charge in [0.05, 0.1) is 12.8 Å². The van der Waals surface area contributed by atoms with Crippen LogP contribution in [0.4, 0.5) is 0 Å². The molecule has 0 spiro atoms. The van der Waals surface area contributed by atoms with Crippen LogP contribution < -0.4 is 4.74 Å². The van der Waals surface area contributed by atoms with Crippen molar-refractivity contribution in [2.45, 2.75) is 6.54 Å². The molecule has 148 valence electrons. The van der Waals surface area contributed by atoms with E-state index < -0.39 is 0 Å². The van der Waals surface area contributed by atoms with Gasteiger partial charge in [-0.25, -0.2) is 0 Å². The van der Waals surface area contributed by atoms with Crippen molar-refractivity contribution in [3.8, 4) is 17.1 Å². The Balaban J connectivity index is 1.35. The molecule has 29 heavy (non-hydrogen) atoms. The topological polar surface area (TPSA) is 58.6 Å². The average Bonchev–Trinajstić information content (AvgIpc) is 2.80. The Hall–Kier alpha value is -3.25. The number of piperazine rings is 1. The molecule has 3 aromatic rings. The molecule has 2 heterocycles. The Morgan fingerprint density at radius 2 is 1.62 bits per heavy atom. The van der Waals surface area contributed by atoms with Gasteiger partial charge in [0.1, 0.15) is 0 Å². The first-order valence-electron chi connectivity index (χ1n) is 9.76. The highest BCUT2D eigenvalue weighted by Crippen LogP contribution is 2.19. The number of carbonyl (C=O) groups is 1. The van der Waals surface area contributed by atoms with Crippen LogP contribution in [0.1, 0.15) is 15.9 Å². The van der Waals surface area contributed by atoms with E-state index in [1.165, 1.54) is 5.56 Å². The number of rotatable bonds is 5. The Bertz CT molecular complexity index is 935. The number of hydrogen-bond donors (Lipinski definition) is 0. The second-order valence-electron chi connectivity index (χ2n) is 7.09. The molecule has 0 saturated carbocycles. The number of benzene rings is 2. The van der Waals surface area contributed by atoms with E-state index in [0.717, 1.165) is 44.0 Å². The zero-order valence-electron chi connectivity index (χ0n) is 16.5. The first-order valence-corrected chi connectivity index (χ1v) is 9.76. The van der Waals surface area contributed by atoms with Crippen LogP contribution in [0, 0.1) is 0 Å². The van der Waals surface area contributed by atoms with Crippen molar-refractivity contribution in [2.24, 2.45) is 0 Å². The summed E-state index contributed by atoms with van der Waals surface area (Å²) in [5.74, 6) is 0.559. The first-order chi connectivity index (χ1) is 14.2. The van der Waals surface area contributed by atoms with E-state index in [1.54, 1.807) is 13.2 Å². The quantitative estimate of drug-likeness (QED) is 0.672. The number of nitrogens with zero attached hydrogens (tertiary/aromatic N) is 4. The minimum Gasteiger partial charge on any atom is -0.480 e. The highest BCUT2D eigenvalue weighted by Gasteiger charge is 2.22. The number of carbonyl (C=O) groups excluding carboxylic acids is 1. The van der Waals surface area contributed by atoms with Gasteiger partial charge in [0.25, 0.3) is 5.91 Å². The average molecular weight is 388 g/mol. The van der Waals surface area contributed by atoms with Gasteiger partial charge in [-0.2, -0.15) is 0 Å². The summed E-state index contributed by atoms with van der Waals surface area (Å²) in [7, 11) is 1.56. The van der Waals surface area contributed by atoms with Crippen molar-refractivity contribution in [3.63, 3.8) is 0 Å². The molecule has 1 aromatic heterocycles. The minimum absolute atomic E-state index is 0.0803. The number of amides is 1. The molecule has 0 radical (unpaired) electrons. The van der Waals surface area contributed by atoms with Gasteiger partial charge >= 0.3 is 0 Å². The third-order valence-corrected chi connectivity index (χ3v) is 5.19. The smallest absolute Gasteiger partial charge is 0.253 e. The Morgan fingerprint density at radius 3 is 2.24 bits per heavy atom. The van der Waals surface area contributed by atoms with Gasteiger partial charge in [0.15, 0.2) is 0 Å². The molecule has 1 amide bonds. The van der Waals surface area contributed by atoms with Gasteiger partial charge in [-0.15, -0.1) is 10.2 Å². The SMILES string of the molecule is COc1ccc(-c2ccc(C(=O)N3CCN(Cc4ccccc4)CC3)cc2)nn1. The van der Waals surface area contributed by atoms with Crippen LogP contribution in [-0.2, 0) is 6.54 Å². The van der Waals surface area contributed by atoms with Gasteiger partial charge in [-0.05, 0) is 23.8 Å². The molecule has 0 atom stereocenters. The Morgan fingerprint density at radius 1 is 0.897 bits per heavy atom. The molecule has 6 nitrogen and oxygen atoms in total. The van der Waals surface area contributed by atoms with Gasteiger partial charge in [0.2, 0.25) is 5.88 Å². The second-order valence-corrected chi connectivity index (χ2v) is 7.09. The van der Waals surface area contributed by atoms with Crippen molar-refractivity contribution >= 4 is 5.91 Å². The van der Waals surface area contributed by atoms with Crippen LogP contribution in [-0.4, -0.2) is 59.2 Å². The number of ether oxygens (including phenoxy) is 1. The summed E-state index contributed by atoms with van der Waals surface area (Å²) in [6.45, 7) is 4.20. The Kier molecular flexibility index (Phi) is 5.81. The highest BCUT2D eigenvalue weighted by molar-refractivity contribution is 5.94. The normalized spacial score (nSPS) is 14.6. The summed E-state index contributed by atoms with van der Waals surface area (Å²) in [6, 6.07) is 21.6. The fourth-order valence-electron chi connectivity index (χ4n) is 3.50. The summed E-state index contributed by atoms with van der Waals surface area (Å²) in [5.41, 5.74) is 3.68. The number of aromatic nitrogens is 2. The van der Waals surface area contributed by atoms with Crippen molar-refractivity contribution in [1.29, 1.82) is 0 Å². The fourth-order valence-corrected chi connectivity index (χ4v) is 3.50. The summed E-state index contributed by atoms with van der Waals surface area (Å²) in [5, 5.41) is 8.14. The van der Waals surface area contributed by atoms with E-state index in [4.69, 9.17) is 4.74 Å². The van der Waals surface area contributed by atoms with Crippen LogP contribution in [0.2, 0.25) is 0 Å². The molecule has 2 aromatic carbocycles. The molecule has 0 N–H and O–H groups in total. The maximum absolute atomic E-state index is 12.9. The molecular formula is C23H24N4O2. The van der Waals surface area contributed by atoms with Crippen molar-refractivity contribution in [2.75, 3.05) is 33.3 Å². The molecule has 1 aliphatic heterocycles. The summed E-state index contributed by atoms with van der Waals surface area (Å²) in [4.78, 5) is 17.2. The van der Waals surface area contributed by atoms with Crippen LogP contribution in [0.15, 0.2) is 66.7 Å². The lowest BCUT2D eigenvalue weighted by atomic mass is 10.1. The summed E-state index contributed by atoms with van der Waals surface area (Å²) < 4.78 is 5.04. The standard InChI is InChI=1S/C23H24N4O2/c1-29-22-12-11-21(24-25-22)19-7-9-20(10-8-19)23(28)27-15-13-26(14-16-27)17-18-5-3-2-4-6-18/h2-12H,13-17H2,1H3. The molecule has 6 heteroatoms. The Labute approximate surface area is 170 Å². The van der Waals surface area contributed by atoms with Crippen molar-refractivity contribution < 1.29 is 9.53 Å². The van der Waals surface area contributed by atoms with Gasteiger partial charge in [-0.3, -0.25) is 9.69 Å². The van der Waals surface area contributed by atoms with E-state index in [9.17, 15) is 4.79 Å². The molecular weight excluding hydrogens is 364 g/mol. The molecule has 0 aliphatic carbocycles. The third kappa shape index (κ3) is 4.60. The molecule has 0 bridgehead atoms. The maximum Gasteiger partial charge on any atom is 0.253 e. The van der Waals surface area contributed by atoms with Crippen molar-refractivity contribution in [1.82, 2.24) is 20.0 Å². The van der Waals surface area contributed by atoms with Crippen LogP contribution in [0.25, 0.3) is 11.3 Å². The summed E-state index contributed by atoms with van der Waals surface area (Å²) >= 11 is 0. The van der Waals surface area contributed by atoms with E-state index in [2.05, 4.69) is 39.4 Å². The molecule has 0 unspecified atom stereocenters. The van der Waals surface area contributed by atoms with Gasteiger partial charge in [0, 0.05) is 49.9 Å². The first kappa shape index (κ1) is 19.1. The largest absolute Gasteiger partial charge is 0.480 e. The van der Waals surface area contributed by atoms with Crippen LogP contribution in [0.5, 0.6) is 5.88 Å². The van der Waals surface area contributed by atoms with Crippen LogP contribution >= 0.6 is 0 Å². The number of hydrogen-bond acceptors (Lipinski definition) is 5. The maximum atomic E-state index is 12.9. The zero-order valence-corrected chi connectivity index (χ0v) is 16.5.